The highest BCUT2D eigenvalue weighted by molar-refractivity contribution is 5.08. The molecule has 0 N–H and O–H groups in total. The van der Waals surface area contributed by atoms with Crippen LogP contribution in [0.25, 0.3) is 0 Å². The number of aromatic nitrogens is 2. The minimum Gasteiger partial charge on any atom is -0.465 e. The van der Waals surface area contributed by atoms with Gasteiger partial charge in [-0.3, -0.25) is 0 Å². The lowest BCUT2D eigenvalue weighted by Gasteiger charge is -1.99. The van der Waals surface area contributed by atoms with Gasteiger partial charge in [-0.25, -0.2) is 4.68 Å². The second kappa shape index (κ2) is 3.67. The Balaban J connectivity index is 2.48. The Morgan fingerprint density at radius 2 is 2.64 bits per heavy atom. The van der Waals surface area contributed by atoms with Crippen LogP contribution < -0.4 is 4.74 Å². The molecule has 0 unspecified atom stereocenters. The molecule has 0 fully saturated rings. The normalized spacial score (nSPS) is 8.55. The standard InChI is InChI=1S/C8H9N2O/c1-3-4-7-11-8-5-6-9-10(8)2/h5H,7H2,1-2H3. The van der Waals surface area contributed by atoms with Crippen molar-refractivity contribution in [2.45, 2.75) is 6.92 Å². The molecule has 0 saturated carbocycles. The maximum Gasteiger partial charge on any atom is 0.213 e. The zero-order valence-electron chi connectivity index (χ0n) is 6.59. The second-order valence-corrected chi connectivity index (χ2v) is 1.95. The van der Waals surface area contributed by atoms with Gasteiger partial charge in [-0.1, -0.05) is 5.92 Å². The number of hydrogen-bond acceptors (Lipinski definition) is 2. The summed E-state index contributed by atoms with van der Waals surface area (Å²) in [6.45, 7) is 2.18. The van der Waals surface area contributed by atoms with E-state index >= 15 is 0 Å². The number of hydrogen-bond donors (Lipinski definition) is 0. The van der Waals surface area contributed by atoms with Crippen LogP contribution in [0.4, 0.5) is 0 Å². The first kappa shape index (κ1) is 7.67. The third-order valence-electron chi connectivity index (χ3n) is 1.18. The van der Waals surface area contributed by atoms with Crippen molar-refractivity contribution in [1.82, 2.24) is 9.78 Å². The second-order valence-electron chi connectivity index (χ2n) is 1.95. The first-order valence-electron chi connectivity index (χ1n) is 3.27. The molecule has 0 aliphatic carbocycles. The molecule has 0 aromatic carbocycles. The van der Waals surface area contributed by atoms with Crippen molar-refractivity contribution in [1.29, 1.82) is 0 Å². The van der Waals surface area contributed by atoms with Crippen LogP contribution in [0, 0.1) is 18.0 Å². The van der Waals surface area contributed by atoms with E-state index in [1.54, 1.807) is 24.7 Å². The van der Waals surface area contributed by atoms with Crippen molar-refractivity contribution in [3.05, 3.63) is 12.3 Å². The lowest BCUT2D eigenvalue weighted by Crippen LogP contribution is -2.00. The molecular formula is C8H9N2O. The van der Waals surface area contributed by atoms with Gasteiger partial charge in [0.2, 0.25) is 5.88 Å². The Kier molecular flexibility index (Phi) is 2.56. The van der Waals surface area contributed by atoms with Crippen molar-refractivity contribution in [2.24, 2.45) is 7.05 Å². The van der Waals surface area contributed by atoms with E-state index < -0.39 is 0 Å². The van der Waals surface area contributed by atoms with Crippen molar-refractivity contribution in [3.63, 3.8) is 0 Å². The van der Waals surface area contributed by atoms with E-state index in [4.69, 9.17) is 4.74 Å². The fourth-order valence-corrected chi connectivity index (χ4v) is 0.631. The van der Waals surface area contributed by atoms with E-state index in [-0.39, 0.29) is 0 Å². The Morgan fingerprint density at radius 1 is 1.82 bits per heavy atom. The summed E-state index contributed by atoms with van der Waals surface area (Å²) in [5.74, 6) is 6.21. The van der Waals surface area contributed by atoms with Crippen molar-refractivity contribution >= 4 is 0 Å². The van der Waals surface area contributed by atoms with Crippen molar-refractivity contribution < 1.29 is 4.74 Å². The maximum absolute atomic E-state index is 5.21. The number of aryl methyl sites for hydroxylation is 1. The molecule has 0 aliphatic rings. The van der Waals surface area contributed by atoms with Gasteiger partial charge in [-0.15, -0.1) is 5.92 Å². The van der Waals surface area contributed by atoms with Crippen LogP contribution >= 0.6 is 0 Å². The topological polar surface area (TPSA) is 27.1 Å². The highest BCUT2D eigenvalue weighted by Gasteiger charge is 1.95. The summed E-state index contributed by atoms with van der Waals surface area (Å²) in [5.41, 5.74) is 0. The molecule has 1 heterocycles. The van der Waals surface area contributed by atoms with Gasteiger partial charge in [-0.2, -0.15) is 5.10 Å². The van der Waals surface area contributed by atoms with Crippen LogP contribution in [-0.2, 0) is 7.05 Å². The summed E-state index contributed by atoms with van der Waals surface area (Å²) in [6, 6.07) is 1.68. The largest absolute Gasteiger partial charge is 0.465 e. The molecule has 0 spiro atoms. The van der Waals surface area contributed by atoms with Gasteiger partial charge in [0.05, 0.1) is 0 Å². The number of rotatable bonds is 2. The molecule has 57 valence electrons. The quantitative estimate of drug-likeness (QED) is 0.576. The summed E-state index contributed by atoms with van der Waals surface area (Å²) < 4.78 is 6.82. The fourth-order valence-electron chi connectivity index (χ4n) is 0.631. The van der Waals surface area contributed by atoms with Crippen LogP contribution in [0.1, 0.15) is 6.92 Å². The van der Waals surface area contributed by atoms with E-state index in [0.717, 1.165) is 0 Å². The zero-order valence-corrected chi connectivity index (χ0v) is 6.59. The summed E-state index contributed by atoms with van der Waals surface area (Å²) in [4.78, 5) is 0. The van der Waals surface area contributed by atoms with Crippen molar-refractivity contribution in [2.75, 3.05) is 6.61 Å². The Hall–Kier alpha value is -1.43. The molecule has 0 saturated heterocycles. The summed E-state index contributed by atoms with van der Waals surface area (Å²) >= 11 is 0. The van der Waals surface area contributed by atoms with Gasteiger partial charge in [0.15, 0.2) is 6.61 Å². The van der Waals surface area contributed by atoms with Crippen LogP contribution in [-0.4, -0.2) is 16.4 Å². The smallest absolute Gasteiger partial charge is 0.213 e. The SMILES string of the molecule is CC#CCOc1c[c]nn1C. The first-order valence-corrected chi connectivity index (χ1v) is 3.27. The maximum atomic E-state index is 5.21. The van der Waals surface area contributed by atoms with Gasteiger partial charge >= 0.3 is 0 Å². The Bertz CT molecular complexity index is 280. The third kappa shape index (κ3) is 2.01. The van der Waals surface area contributed by atoms with E-state index in [1.165, 1.54) is 0 Å². The average molecular weight is 149 g/mol. The zero-order chi connectivity index (χ0) is 8.10. The number of ether oxygens (including phenoxy) is 1. The molecular weight excluding hydrogens is 140 g/mol. The van der Waals surface area contributed by atoms with Crippen LogP contribution in [0.15, 0.2) is 6.07 Å². The lowest BCUT2D eigenvalue weighted by atomic mass is 10.6. The number of nitrogens with zero attached hydrogens (tertiary/aromatic N) is 2. The Labute approximate surface area is 66.0 Å². The van der Waals surface area contributed by atoms with Crippen LogP contribution in [0.2, 0.25) is 0 Å². The summed E-state index contributed by atoms with van der Waals surface area (Å²) in [7, 11) is 1.80. The monoisotopic (exact) mass is 149 g/mol. The van der Waals surface area contributed by atoms with Gasteiger partial charge in [0, 0.05) is 13.1 Å². The molecule has 0 aliphatic heterocycles. The van der Waals surface area contributed by atoms with Crippen LogP contribution in [0.3, 0.4) is 0 Å². The highest BCUT2D eigenvalue weighted by Crippen LogP contribution is 2.04. The van der Waals surface area contributed by atoms with Gasteiger partial charge in [0.25, 0.3) is 0 Å². The van der Waals surface area contributed by atoms with Crippen LogP contribution in [0.5, 0.6) is 5.88 Å². The van der Waals surface area contributed by atoms with E-state index in [1.807, 2.05) is 0 Å². The molecule has 1 aromatic heterocycles. The van der Waals surface area contributed by atoms with Gasteiger partial charge < -0.3 is 4.74 Å². The predicted molar refractivity (Wildman–Crippen MR) is 41.0 cm³/mol. The van der Waals surface area contributed by atoms with E-state index in [2.05, 4.69) is 23.1 Å². The Morgan fingerprint density at radius 3 is 3.18 bits per heavy atom. The molecule has 0 atom stereocenters. The van der Waals surface area contributed by atoms with Gasteiger partial charge in [0.1, 0.15) is 6.20 Å². The minimum atomic E-state index is 0.407. The average Bonchev–Trinajstić information content (AvgIpc) is 2.37. The first-order chi connectivity index (χ1) is 5.34. The fraction of sp³-hybridized carbons (Fsp3) is 0.375. The molecule has 0 bridgehead atoms. The lowest BCUT2D eigenvalue weighted by molar-refractivity contribution is 0.335. The van der Waals surface area contributed by atoms with Gasteiger partial charge in [-0.05, 0) is 6.92 Å². The molecule has 11 heavy (non-hydrogen) atoms. The highest BCUT2D eigenvalue weighted by atomic mass is 16.5. The van der Waals surface area contributed by atoms with E-state index in [0.29, 0.717) is 12.5 Å². The summed E-state index contributed by atoms with van der Waals surface area (Å²) in [5, 5.41) is 3.81. The third-order valence-corrected chi connectivity index (χ3v) is 1.18. The summed E-state index contributed by atoms with van der Waals surface area (Å²) in [6.07, 6.45) is 2.66. The molecule has 3 heteroatoms. The molecule has 3 nitrogen and oxygen atoms in total. The van der Waals surface area contributed by atoms with E-state index in [9.17, 15) is 0 Å². The molecule has 0 amide bonds. The molecule has 1 radical (unpaired) electrons. The molecule has 1 rings (SSSR count). The minimum absolute atomic E-state index is 0.407. The predicted octanol–water partition coefficient (Wildman–Crippen LogP) is 0.622. The molecule has 1 aromatic rings. The van der Waals surface area contributed by atoms with Crippen molar-refractivity contribution in [3.8, 4) is 17.7 Å².